The van der Waals surface area contributed by atoms with Gasteiger partial charge in [0, 0.05) is 6.54 Å². The van der Waals surface area contributed by atoms with Crippen molar-refractivity contribution in [2.24, 2.45) is 0 Å². The van der Waals surface area contributed by atoms with Gasteiger partial charge in [0.05, 0.1) is 16.9 Å². The van der Waals surface area contributed by atoms with E-state index in [0.717, 1.165) is 18.6 Å². The van der Waals surface area contributed by atoms with E-state index >= 15 is 0 Å². The molecule has 0 aliphatic heterocycles. The molecule has 0 amide bonds. The third kappa shape index (κ3) is 2.68. The first kappa shape index (κ1) is 15.2. The first-order chi connectivity index (χ1) is 9.77. The normalized spacial score (nSPS) is 11.9. The largest absolute Gasteiger partial charge is 0.416 e. The molecule has 2 N–H and O–H groups in total. The second kappa shape index (κ2) is 5.31. The zero-order valence-corrected chi connectivity index (χ0v) is 11.7. The topological polar surface area (TPSA) is 52.9 Å². The van der Waals surface area contributed by atoms with Gasteiger partial charge in [-0.1, -0.05) is 13.0 Å². The molecule has 0 saturated heterocycles. The molecular weight excluding hydrogens is 283 g/mol. The minimum absolute atomic E-state index is 0.0564. The van der Waals surface area contributed by atoms with Crippen molar-refractivity contribution in [3.05, 3.63) is 45.9 Å². The van der Waals surface area contributed by atoms with Gasteiger partial charge in [-0.15, -0.1) is 0 Å². The van der Waals surface area contributed by atoms with E-state index in [1.54, 1.807) is 11.6 Å². The fourth-order valence-electron chi connectivity index (χ4n) is 2.22. The van der Waals surface area contributed by atoms with Crippen LogP contribution in [0.5, 0.6) is 0 Å². The number of hydrogen-bond acceptors (Lipinski definition) is 2. The van der Waals surface area contributed by atoms with Gasteiger partial charge in [0.15, 0.2) is 0 Å². The molecule has 0 bridgehead atoms. The van der Waals surface area contributed by atoms with Crippen LogP contribution in [0.3, 0.4) is 0 Å². The van der Waals surface area contributed by atoms with E-state index in [2.05, 4.69) is 0 Å². The Balaban J connectivity index is 2.67. The number of rotatable bonds is 3. The van der Waals surface area contributed by atoms with Crippen LogP contribution in [0.2, 0.25) is 0 Å². The molecule has 0 spiro atoms. The molecule has 1 heterocycles. The Hall–Kier alpha value is -2.18. The van der Waals surface area contributed by atoms with Gasteiger partial charge in [0.1, 0.15) is 5.69 Å². The Morgan fingerprint density at radius 2 is 1.95 bits per heavy atom. The van der Waals surface area contributed by atoms with Crippen molar-refractivity contribution < 1.29 is 13.2 Å². The van der Waals surface area contributed by atoms with Crippen LogP contribution in [0.15, 0.2) is 29.1 Å². The number of nitrogen functional groups attached to an aromatic ring is 1. The maximum absolute atomic E-state index is 12.8. The highest BCUT2D eigenvalue weighted by Crippen LogP contribution is 2.30. The van der Waals surface area contributed by atoms with Gasteiger partial charge < -0.3 is 5.73 Å². The quantitative estimate of drug-likeness (QED) is 0.947. The monoisotopic (exact) mass is 299 g/mol. The molecule has 0 radical (unpaired) electrons. The van der Waals surface area contributed by atoms with Gasteiger partial charge in [0.25, 0.3) is 5.56 Å². The highest BCUT2D eigenvalue weighted by molar-refractivity contribution is 5.46. The molecule has 2 rings (SSSR count). The summed E-state index contributed by atoms with van der Waals surface area (Å²) >= 11 is 0. The lowest BCUT2D eigenvalue weighted by atomic mass is 10.2. The van der Waals surface area contributed by atoms with Crippen molar-refractivity contribution in [3.63, 3.8) is 0 Å². The van der Waals surface area contributed by atoms with Crippen molar-refractivity contribution in [3.8, 4) is 5.69 Å². The van der Waals surface area contributed by atoms with Crippen LogP contribution in [0.4, 0.5) is 18.9 Å². The molecule has 21 heavy (non-hydrogen) atoms. The lowest BCUT2D eigenvalue weighted by Gasteiger charge is -2.14. The lowest BCUT2D eigenvalue weighted by molar-refractivity contribution is -0.137. The van der Waals surface area contributed by atoms with Gasteiger partial charge in [-0.05, 0) is 31.5 Å². The first-order valence-corrected chi connectivity index (χ1v) is 6.53. The number of benzene rings is 1. The van der Waals surface area contributed by atoms with E-state index in [-0.39, 0.29) is 11.4 Å². The van der Waals surface area contributed by atoms with Gasteiger partial charge in [-0.2, -0.15) is 13.2 Å². The van der Waals surface area contributed by atoms with Gasteiger partial charge in [-0.3, -0.25) is 9.48 Å². The number of nitrogens with two attached hydrogens (primary N) is 1. The molecule has 114 valence electrons. The van der Waals surface area contributed by atoms with Crippen molar-refractivity contribution in [2.75, 3.05) is 5.73 Å². The molecule has 4 nitrogen and oxygen atoms in total. The molecular formula is C14H16F3N3O. The van der Waals surface area contributed by atoms with Crippen molar-refractivity contribution in [1.29, 1.82) is 0 Å². The average molecular weight is 299 g/mol. The van der Waals surface area contributed by atoms with Crippen LogP contribution in [-0.4, -0.2) is 9.36 Å². The van der Waals surface area contributed by atoms with E-state index in [1.165, 1.54) is 16.8 Å². The van der Waals surface area contributed by atoms with Crippen LogP contribution >= 0.6 is 0 Å². The number of aromatic nitrogens is 2. The summed E-state index contributed by atoms with van der Waals surface area (Å²) < 4.78 is 41.2. The minimum atomic E-state index is -4.46. The molecule has 7 heteroatoms. The van der Waals surface area contributed by atoms with Crippen molar-refractivity contribution in [1.82, 2.24) is 9.36 Å². The van der Waals surface area contributed by atoms with Crippen molar-refractivity contribution in [2.45, 2.75) is 33.0 Å². The van der Waals surface area contributed by atoms with Crippen molar-refractivity contribution >= 4 is 5.69 Å². The fourth-order valence-corrected chi connectivity index (χ4v) is 2.22. The van der Waals surface area contributed by atoms with Gasteiger partial charge in [0.2, 0.25) is 0 Å². The predicted octanol–water partition coefficient (Wildman–Crippen LogP) is 2.96. The Kier molecular flexibility index (Phi) is 3.85. The van der Waals surface area contributed by atoms with Crippen LogP contribution in [0, 0.1) is 6.92 Å². The molecule has 0 aliphatic rings. The van der Waals surface area contributed by atoms with Crippen LogP contribution < -0.4 is 11.3 Å². The van der Waals surface area contributed by atoms with E-state index in [1.807, 2.05) is 6.92 Å². The summed E-state index contributed by atoms with van der Waals surface area (Å²) in [5.41, 5.74) is 5.19. The Labute approximate surface area is 119 Å². The number of hydrogen-bond donors (Lipinski definition) is 1. The lowest BCUT2D eigenvalue weighted by Crippen LogP contribution is -2.23. The van der Waals surface area contributed by atoms with Crippen LogP contribution in [-0.2, 0) is 12.7 Å². The molecule has 0 saturated carbocycles. The fraction of sp³-hybridized carbons (Fsp3) is 0.357. The third-order valence-corrected chi connectivity index (χ3v) is 3.29. The van der Waals surface area contributed by atoms with Crippen LogP contribution in [0.25, 0.3) is 5.69 Å². The standard InChI is InChI=1S/C14H16F3N3O/c1-3-7-19-9(2)12(18)13(21)20(19)11-6-4-5-10(8-11)14(15,16)17/h4-6,8H,3,7,18H2,1-2H3. The Morgan fingerprint density at radius 3 is 2.52 bits per heavy atom. The number of alkyl halides is 3. The molecule has 0 fully saturated rings. The maximum atomic E-state index is 12.8. The van der Waals surface area contributed by atoms with E-state index < -0.39 is 17.3 Å². The van der Waals surface area contributed by atoms with E-state index in [0.29, 0.717) is 12.2 Å². The maximum Gasteiger partial charge on any atom is 0.416 e. The molecule has 0 atom stereocenters. The number of anilines is 1. The number of nitrogens with zero attached hydrogens (tertiary/aromatic N) is 2. The van der Waals surface area contributed by atoms with E-state index in [9.17, 15) is 18.0 Å². The second-order valence-corrected chi connectivity index (χ2v) is 4.79. The average Bonchev–Trinajstić information content (AvgIpc) is 2.63. The summed E-state index contributed by atoms with van der Waals surface area (Å²) in [7, 11) is 0. The smallest absolute Gasteiger partial charge is 0.393 e. The zero-order valence-electron chi connectivity index (χ0n) is 11.7. The minimum Gasteiger partial charge on any atom is -0.393 e. The third-order valence-electron chi connectivity index (χ3n) is 3.29. The molecule has 2 aromatic rings. The highest BCUT2D eigenvalue weighted by Gasteiger charge is 2.31. The molecule has 0 aliphatic carbocycles. The first-order valence-electron chi connectivity index (χ1n) is 6.53. The van der Waals surface area contributed by atoms with Gasteiger partial charge >= 0.3 is 6.18 Å². The summed E-state index contributed by atoms with van der Waals surface area (Å²) in [6.45, 7) is 4.08. The second-order valence-electron chi connectivity index (χ2n) is 4.79. The summed E-state index contributed by atoms with van der Waals surface area (Å²) in [5, 5.41) is 0. The summed E-state index contributed by atoms with van der Waals surface area (Å²) in [5.74, 6) is 0. The Bertz CT molecular complexity index is 713. The summed E-state index contributed by atoms with van der Waals surface area (Å²) in [4.78, 5) is 12.2. The predicted molar refractivity (Wildman–Crippen MR) is 74.5 cm³/mol. The molecule has 1 aromatic heterocycles. The highest BCUT2D eigenvalue weighted by atomic mass is 19.4. The zero-order chi connectivity index (χ0) is 15.8. The molecule has 1 aromatic carbocycles. The Morgan fingerprint density at radius 1 is 1.29 bits per heavy atom. The molecule has 0 unspecified atom stereocenters. The van der Waals surface area contributed by atoms with Gasteiger partial charge in [-0.25, -0.2) is 4.68 Å². The number of halogens is 3. The summed E-state index contributed by atoms with van der Waals surface area (Å²) in [6.07, 6.45) is -3.73. The SMILES string of the molecule is CCCn1c(C)c(N)c(=O)n1-c1cccc(C(F)(F)F)c1. The van der Waals surface area contributed by atoms with Crippen LogP contribution in [0.1, 0.15) is 24.6 Å². The van der Waals surface area contributed by atoms with E-state index in [4.69, 9.17) is 5.73 Å². The summed E-state index contributed by atoms with van der Waals surface area (Å²) in [6, 6.07) is 4.66.